The molecule has 0 aliphatic rings. The smallest absolute Gasteiger partial charge is 0.262 e. The molecule has 1 N–H and O–H groups in total. The van der Waals surface area contributed by atoms with Crippen molar-refractivity contribution >= 4 is 17.4 Å². The SMILES string of the molecule is CC(=O)c1cc(F)ccc1OCC(=O)Nc1ccc(-c2ccccc2)cc1. The third-order valence-electron chi connectivity index (χ3n) is 3.96. The molecule has 0 aliphatic heterocycles. The highest BCUT2D eigenvalue weighted by Crippen LogP contribution is 2.22. The zero-order valence-corrected chi connectivity index (χ0v) is 14.7. The Kier molecular flexibility index (Phi) is 5.61. The largest absolute Gasteiger partial charge is 0.483 e. The molecule has 3 aromatic carbocycles. The van der Waals surface area contributed by atoms with Gasteiger partial charge < -0.3 is 10.1 Å². The van der Waals surface area contributed by atoms with Crippen molar-refractivity contribution in [2.75, 3.05) is 11.9 Å². The number of halogens is 1. The predicted molar refractivity (Wildman–Crippen MR) is 102 cm³/mol. The molecule has 0 aliphatic carbocycles. The Morgan fingerprint density at radius 2 is 1.59 bits per heavy atom. The van der Waals surface area contributed by atoms with Gasteiger partial charge in [-0.3, -0.25) is 9.59 Å². The van der Waals surface area contributed by atoms with Gasteiger partial charge in [-0.2, -0.15) is 0 Å². The average Bonchev–Trinajstić information content (AvgIpc) is 2.68. The Morgan fingerprint density at radius 1 is 0.926 bits per heavy atom. The van der Waals surface area contributed by atoms with Gasteiger partial charge in [-0.1, -0.05) is 42.5 Å². The van der Waals surface area contributed by atoms with E-state index in [1.165, 1.54) is 19.1 Å². The lowest BCUT2D eigenvalue weighted by molar-refractivity contribution is -0.118. The van der Waals surface area contributed by atoms with Crippen molar-refractivity contribution < 1.29 is 18.7 Å². The molecule has 0 fully saturated rings. The van der Waals surface area contributed by atoms with E-state index >= 15 is 0 Å². The Bertz CT molecular complexity index is 953. The molecule has 0 saturated carbocycles. The number of rotatable bonds is 6. The van der Waals surface area contributed by atoms with E-state index in [0.717, 1.165) is 17.2 Å². The van der Waals surface area contributed by atoms with Gasteiger partial charge in [0.25, 0.3) is 5.91 Å². The second-order valence-electron chi connectivity index (χ2n) is 5.98. The van der Waals surface area contributed by atoms with Crippen LogP contribution in [0.1, 0.15) is 17.3 Å². The fraction of sp³-hybridized carbons (Fsp3) is 0.0909. The van der Waals surface area contributed by atoms with Crippen molar-refractivity contribution in [2.45, 2.75) is 6.92 Å². The summed E-state index contributed by atoms with van der Waals surface area (Å²) in [5.74, 6) is -1.06. The molecule has 5 heteroatoms. The first-order valence-corrected chi connectivity index (χ1v) is 8.41. The molecule has 27 heavy (non-hydrogen) atoms. The molecular formula is C22H18FNO3. The van der Waals surface area contributed by atoms with Gasteiger partial charge in [-0.05, 0) is 48.4 Å². The van der Waals surface area contributed by atoms with Crippen LogP contribution >= 0.6 is 0 Å². The highest BCUT2D eigenvalue weighted by atomic mass is 19.1. The number of hydrogen-bond donors (Lipinski definition) is 1. The maximum absolute atomic E-state index is 13.3. The van der Waals surface area contributed by atoms with Crippen molar-refractivity contribution in [1.29, 1.82) is 0 Å². The second-order valence-corrected chi connectivity index (χ2v) is 5.98. The molecular weight excluding hydrogens is 345 g/mol. The van der Waals surface area contributed by atoms with Crippen LogP contribution in [0.2, 0.25) is 0 Å². The molecule has 0 atom stereocenters. The zero-order valence-electron chi connectivity index (χ0n) is 14.7. The topological polar surface area (TPSA) is 55.4 Å². The molecule has 0 aromatic heterocycles. The summed E-state index contributed by atoms with van der Waals surface area (Å²) in [5, 5.41) is 2.73. The van der Waals surface area contributed by atoms with Crippen LogP contribution in [0.3, 0.4) is 0 Å². The number of anilines is 1. The molecule has 4 nitrogen and oxygen atoms in total. The van der Waals surface area contributed by atoms with Crippen molar-refractivity contribution in [3.05, 3.63) is 84.2 Å². The zero-order chi connectivity index (χ0) is 19.2. The molecule has 136 valence electrons. The van der Waals surface area contributed by atoms with Crippen molar-refractivity contribution in [3.63, 3.8) is 0 Å². The monoisotopic (exact) mass is 363 g/mol. The van der Waals surface area contributed by atoms with Crippen LogP contribution in [0, 0.1) is 5.82 Å². The van der Waals surface area contributed by atoms with Crippen molar-refractivity contribution in [3.8, 4) is 16.9 Å². The predicted octanol–water partition coefficient (Wildman–Crippen LogP) is 4.71. The molecule has 0 spiro atoms. The molecule has 0 bridgehead atoms. The Labute approximate surface area is 156 Å². The van der Waals surface area contributed by atoms with Gasteiger partial charge in [-0.15, -0.1) is 0 Å². The Hall–Kier alpha value is -3.47. The van der Waals surface area contributed by atoms with Gasteiger partial charge in [0.15, 0.2) is 12.4 Å². The van der Waals surface area contributed by atoms with Gasteiger partial charge in [0, 0.05) is 5.69 Å². The third kappa shape index (κ3) is 4.79. The van der Waals surface area contributed by atoms with E-state index in [4.69, 9.17) is 4.74 Å². The minimum absolute atomic E-state index is 0.106. The van der Waals surface area contributed by atoms with Gasteiger partial charge >= 0.3 is 0 Å². The lowest BCUT2D eigenvalue weighted by Crippen LogP contribution is -2.20. The van der Waals surface area contributed by atoms with Gasteiger partial charge in [-0.25, -0.2) is 4.39 Å². The van der Waals surface area contributed by atoms with Crippen LogP contribution in [-0.2, 0) is 4.79 Å². The van der Waals surface area contributed by atoms with Crippen LogP contribution in [-0.4, -0.2) is 18.3 Å². The van der Waals surface area contributed by atoms with Gasteiger partial charge in [0.1, 0.15) is 11.6 Å². The van der Waals surface area contributed by atoms with Gasteiger partial charge in [0.05, 0.1) is 5.56 Å². The Balaban J connectivity index is 1.61. The van der Waals surface area contributed by atoms with E-state index in [2.05, 4.69) is 5.32 Å². The number of amides is 1. The molecule has 1 amide bonds. The lowest BCUT2D eigenvalue weighted by Gasteiger charge is -2.11. The fourth-order valence-corrected chi connectivity index (χ4v) is 2.62. The molecule has 0 saturated heterocycles. The van der Waals surface area contributed by atoms with E-state index in [9.17, 15) is 14.0 Å². The number of hydrogen-bond acceptors (Lipinski definition) is 3. The van der Waals surface area contributed by atoms with E-state index in [-0.39, 0.29) is 29.6 Å². The first-order valence-electron chi connectivity index (χ1n) is 8.41. The first-order chi connectivity index (χ1) is 13.0. The van der Waals surface area contributed by atoms with Crippen LogP contribution < -0.4 is 10.1 Å². The summed E-state index contributed by atoms with van der Waals surface area (Å²) in [4.78, 5) is 23.6. The summed E-state index contributed by atoms with van der Waals surface area (Å²) in [6, 6.07) is 21.0. The van der Waals surface area contributed by atoms with Crippen molar-refractivity contribution in [2.24, 2.45) is 0 Å². The summed E-state index contributed by atoms with van der Waals surface area (Å²) >= 11 is 0. The quantitative estimate of drug-likeness (QED) is 0.645. The molecule has 3 aromatic rings. The highest BCUT2D eigenvalue weighted by Gasteiger charge is 2.12. The van der Waals surface area contributed by atoms with Gasteiger partial charge in [0.2, 0.25) is 0 Å². The van der Waals surface area contributed by atoms with E-state index in [1.54, 1.807) is 12.1 Å². The molecule has 0 radical (unpaired) electrons. The lowest BCUT2D eigenvalue weighted by atomic mass is 10.1. The van der Waals surface area contributed by atoms with Crippen LogP contribution in [0.4, 0.5) is 10.1 Å². The minimum atomic E-state index is -0.532. The number of ether oxygens (including phenoxy) is 1. The summed E-state index contributed by atoms with van der Waals surface area (Å²) in [6.07, 6.45) is 0. The van der Waals surface area contributed by atoms with E-state index < -0.39 is 5.82 Å². The third-order valence-corrected chi connectivity index (χ3v) is 3.96. The number of carbonyl (C=O) groups excluding carboxylic acids is 2. The van der Waals surface area contributed by atoms with Crippen molar-refractivity contribution in [1.82, 2.24) is 0 Å². The fourth-order valence-electron chi connectivity index (χ4n) is 2.62. The summed E-state index contributed by atoms with van der Waals surface area (Å²) < 4.78 is 18.6. The summed E-state index contributed by atoms with van der Waals surface area (Å²) in [6.45, 7) is 1.03. The number of carbonyl (C=O) groups is 2. The summed E-state index contributed by atoms with van der Waals surface area (Å²) in [7, 11) is 0. The highest BCUT2D eigenvalue weighted by molar-refractivity contribution is 5.97. The average molecular weight is 363 g/mol. The second kappa shape index (κ2) is 8.27. The molecule has 0 unspecified atom stereocenters. The summed E-state index contributed by atoms with van der Waals surface area (Å²) in [5.41, 5.74) is 2.87. The van der Waals surface area contributed by atoms with E-state index in [0.29, 0.717) is 5.69 Å². The number of Topliss-reactive ketones (excluding diaryl/α,β-unsaturated/α-hetero) is 1. The first kappa shape index (κ1) is 18.3. The minimum Gasteiger partial charge on any atom is -0.483 e. The van der Waals surface area contributed by atoms with Crippen LogP contribution in [0.15, 0.2) is 72.8 Å². The molecule has 3 rings (SSSR count). The Morgan fingerprint density at radius 3 is 2.26 bits per heavy atom. The number of nitrogens with one attached hydrogen (secondary N) is 1. The molecule has 0 heterocycles. The standard InChI is InChI=1S/C22H18FNO3/c1-15(25)20-13-18(23)9-12-21(20)27-14-22(26)24-19-10-7-17(8-11-19)16-5-3-2-4-6-16/h2-13H,14H2,1H3,(H,24,26). The number of ketones is 1. The maximum Gasteiger partial charge on any atom is 0.262 e. The van der Waals surface area contributed by atoms with Crippen LogP contribution in [0.25, 0.3) is 11.1 Å². The van der Waals surface area contributed by atoms with Crippen LogP contribution in [0.5, 0.6) is 5.75 Å². The number of benzene rings is 3. The van der Waals surface area contributed by atoms with E-state index in [1.807, 2.05) is 42.5 Å². The maximum atomic E-state index is 13.3. The normalized spacial score (nSPS) is 10.3.